The number of nitro benzene ring substituents is 1. The molecule has 0 aliphatic rings. The van der Waals surface area contributed by atoms with Crippen molar-refractivity contribution in [1.82, 2.24) is 19.7 Å². The molecular formula is C20H17N5O3S. The molecule has 0 aliphatic carbocycles. The van der Waals surface area contributed by atoms with Crippen molar-refractivity contribution in [2.75, 3.05) is 0 Å². The molecule has 29 heavy (non-hydrogen) atoms. The van der Waals surface area contributed by atoms with Gasteiger partial charge in [-0.2, -0.15) is 5.10 Å². The molecule has 146 valence electrons. The second-order valence-corrected chi connectivity index (χ2v) is 7.35. The molecule has 0 atom stereocenters. The van der Waals surface area contributed by atoms with E-state index >= 15 is 0 Å². The number of aryl methyl sites for hydroxylation is 1. The molecule has 0 bridgehead atoms. The van der Waals surface area contributed by atoms with E-state index in [9.17, 15) is 10.1 Å². The number of hydrogen-bond donors (Lipinski definition) is 0. The Kier molecular flexibility index (Phi) is 5.30. The lowest BCUT2D eigenvalue weighted by atomic mass is 10.2. The quantitative estimate of drug-likeness (QED) is 0.336. The van der Waals surface area contributed by atoms with E-state index < -0.39 is 4.92 Å². The van der Waals surface area contributed by atoms with Crippen LogP contribution in [-0.2, 0) is 13.2 Å². The van der Waals surface area contributed by atoms with Gasteiger partial charge in [0.25, 0.3) is 5.69 Å². The first kappa shape index (κ1) is 18.8. The number of thiazole rings is 1. The minimum atomic E-state index is -0.432. The van der Waals surface area contributed by atoms with Crippen molar-refractivity contribution < 1.29 is 9.66 Å². The van der Waals surface area contributed by atoms with Gasteiger partial charge in [-0.3, -0.25) is 10.1 Å². The van der Waals surface area contributed by atoms with Gasteiger partial charge in [-0.1, -0.05) is 17.7 Å². The summed E-state index contributed by atoms with van der Waals surface area (Å²) in [5, 5.41) is 18.0. The minimum absolute atomic E-state index is 0.0380. The maximum atomic E-state index is 10.8. The summed E-state index contributed by atoms with van der Waals surface area (Å²) in [6, 6.07) is 14.1. The predicted molar refractivity (Wildman–Crippen MR) is 109 cm³/mol. The summed E-state index contributed by atoms with van der Waals surface area (Å²) in [7, 11) is 0. The van der Waals surface area contributed by atoms with Crippen LogP contribution in [-0.4, -0.2) is 24.7 Å². The highest BCUT2D eigenvalue weighted by atomic mass is 32.1. The number of rotatable bonds is 7. The summed E-state index contributed by atoms with van der Waals surface area (Å²) in [4.78, 5) is 19.2. The van der Waals surface area contributed by atoms with Crippen LogP contribution in [0.2, 0.25) is 0 Å². The maximum absolute atomic E-state index is 10.8. The van der Waals surface area contributed by atoms with Crippen LogP contribution >= 0.6 is 11.3 Å². The highest BCUT2D eigenvalue weighted by Crippen LogP contribution is 2.20. The Morgan fingerprint density at radius 3 is 2.62 bits per heavy atom. The second kappa shape index (κ2) is 8.19. The zero-order chi connectivity index (χ0) is 20.2. The van der Waals surface area contributed by atoms with Crippen molar-refractivity contribution in [1.29, 1.82) is 0 Å². The predicted octanol–water partition coefficient (Wildman–Crippen LogP) is 4.25. The molecule has 0 N–H and O–H groups in total. The summed E-state index contributed by atoms with van der Waals surface area (Å²) in [6.45, 7) is 2.94. The van der Waals surface area contributed by atoms with Crippen molar-refractivity contribution in [2.24, 2.45) is 0 Å². The van der Waals surface area contributed by atoms with Crippen LogP contribution in [0.1, 0.15) is 16.3 Å². The van der Waals surface area contributed by atoms with Crippen LogP contribution in [0.25, 0.3) is 11.4 Å². The van der Waals surface area contributed by atoms with Crippen molar-refractivity contribution in [3.8, 4) is 17.1 Å². The Bertz CT molecular complexity index is 1120. The van der Waals surface area contributed by atoms with Crippen molar-refractivity contribution >= 4 is 17.0 Å². The SMILES string of the molecule is Cc1ccc(OCc2nc(Cn3cnc(-c4ccc([N+](=O)[O-])cc4)n3)cs2)cc1. The average molecular weight is 407 g/mol. The number of nitrogens with zero attached hydrogens (tertiary/aromatic N) is 5. The zero-order valence-corrected chi connectivity index (χ0v) is 16.4. The van der Waals surface area contributed by atoms with Gasteiger partial charge in [0.1, 0.15) is 23.7 Å². The molecule has 0 spiro atoms. The number of aromatic nitrogens is 4. The average Bonchev–Trinajstić information content (AvgIpc) is 3.38. The van der Waals surface area contributed by atoms with Crippen molar-refractivity contribution in [3.05, 3.63) is 86.6 Å². The molecule has 9 heteroatoms. The van der Waals surface area contributed by atoms with Crippen LogP contribution in [0.15, 0.2) is 60.2 Å². The van der Waals surface area contributed by atoms with Gasteiger partial charge >= 0.3 is 0 Å². The van der Waals surface area contributed by atoms with Crippen molar-refractivity contribution in [2.45, 2.75) is 20.1 Å². The fraction of sp³-hybridized carbons (Fsp3) is 0.150. The summed E-state index contributed by atoms with van der Waals surface area (Å²) in [5.74, 6) is 1.33. The summed E-state index contributed by atoms with van der Waals surface area (Å²) >= 11 is 1.54. The van der Waals surface area contributed by atoms with Crippen LogP contribution in [0.4, 0.5) is 5.69 Å². The Balaban J connectivity index is 1.37. The molecule has 4 rings (SSSR count). The molecule has 4 aromatic rings. The second-order valence-electron chi connectivity index (χ2n) is 6.40. The van der Waals surface area contributed by atoms with Crippen LogP contribution in [0.3, 0.4) is 0 Å². The number of nitro groups is 1. The lowest BCUT2D eigenvalue weighted by Gasteiger charge is -2.03. The van der Waals surface area contributed by atoms with Gasteiger partial charge in [0.05, 0.1) is 17.2 Å². The van der Waals surface area contributed by atoms with E-state index in [0.717, 1.165) is 22.0 Å². The molecule has 2 heterocycles. The molecule has 0 saturated heterocycles. The first-order chi connectivity index (χ1) is 14.1. The number of ether oxygens (including phenoxy) is 1. The molecular weight excluding hydrogens is 390 g/mol. The standard InChI is InChI=1S/C20H17N5O3S/c1-14-2-8-18(9-3-14)28-11-19-22-16(12-29-19)10-24-13-21-20(23-24)15-4-6-17(7-5-15)25(26)27/h2-9,12-13H,10-11H2,1H3. The van der Waals surface area contributed by atoms with Gasteiger partial charge in [0, 0.05) is 23.1 Å². The fourth-order valence-corrected chi connectivity index (χ4v) is 3.36. The summed E-state index contributed by atoms with van der Waals surface area (Å²) < 4.78 is 7.46. The van der Waals surface area contributed by atoms with Gasteiger partial charge in [0.2, 0.25) is 0 Å². The molecule has 8 nitrogen and oxygen atoms in total. The molecule has 0 unspecified atom stereocenters. The first-order valence-electron chi connectivity index (χ1n) is 8.84. The lowest BCUT2D eigenvalue weighted by molar-refractivity contribution is -0.384. The minimum Gasteiger partial charge on any atom is -0.486 e. The Morgan fingerprint density at radius 2 is 1.90 bits per heavy atom. The third-order valence-corrected chi connectivity index (χ3v) is 5.05. The lowest BCUT2D eigenvalue weighted by Crippen LogP contribution is -2.02. The van der Waals surface area contributed by atoms with E-state index in [1.807, 2.05) is 36.6 Å². The van der Waals surface area contributed by atoms with Crippen molar-refractivity contribution in [3.63, 3.8) is 0 Å². The number of hydrogen-bond acceptors (Lipinski definition) is 7. The van der Waals surface area contributed by atoms with E-state index in [2.05, 4.69) is 15.1 Å². The van der Waals surface area contributed by atoms with E-state index in [0.29, 0.717) is 19.0 Å². The third kappa shape index (κ3) is 4.64. The molecule has 0 radical (unpaired) electrons. The smallest absolute Gasteiger partial charge is 0.269 e. The molecule has 2 aromatic carbocycles. The highest BCUT2D eigenvalue weighted by molar-refractivity contribution is 7.09. The van der Waals surface area contributed by atoms with E-state index in [-0.39, 0.29) is 5.69 Å². The monoisotopic (exact) mass is 407 g/mol. The summed E-state index contributed by atoms with van der Waals surface area (Å²) in [6.07, 6.45) is 1.62. The normalized spacial score (nSPS) is 10.8. The zero-order valence-electron chi connectivity index (χ0n) is 15.6. The van der Waals surface area contributed by atoms with Gasteiger partial charge in [-0.05, 0) is 31.2 Å². The Labute approximate surface area is 170 Å². The molecule has 0 amide bonds. The molecule has 0 aliphatic heterocycles. The van der Waals surface area contributed by atoms with Crippen LogP contribution in [0.5, 0.6) is 5.75 Å². The Morgan fingerprint density at radius 1 is 1.14 bits per heavy atom. The third-order valence-electron chi connectivity index (χ3n) is 4.18. The highest BCUT2D eigenvalue weighted by Gasteiger charge is 2.10. The Hall–Kier alpha value is -3.59. The van der Waals surface area contributed by atoms with Gasteiger partial charge < -0.3 is 4.74 Å². The maximum Gasteiger partial charge on any atom is 0.269 e. The summed E-state index contributed by atoms with van der Waals surface area (Å²) in [5.41, 5.74) is 2.82. The van der Waals surface area contributed by atoms with E-state index in [4.69, 9.17) is 4.74 Å². The van der Waals surface area contributed by atoms with Crippen LogP contribution < -0.4 is 4.74 Å². The molecule has 2 aromatic heterocycles. The number of benzene rings is 2. The van der Waals surface area contributed by atoms with Gasteiger partial charge in [-0.25, -0.2) is 14.6 Å². The van der Waals surface area contributed by atoms with Gasteiger partial charge in [-0.15, -0.1) is 11.3 Å². The van der Waals surface area contributed by atoms with Gasteiger partial charge in [0.15, 0.2) is 5.82 Å². The fourth-order valence-electron chi connectivity index (χ4n) is 2.67. The number of non-ortho nitro benzene ring substituents is 1. The molecule has 0 saturated carbocycles. The van der Waals surface area contributed by atoms with E-state index in [1.54, 1.807) is 23.1 Å². The first-order valence-corrected chi connectivity index (χ1v) is 9.72. The topological polar surface area (TPSA) is 96.0 Å². The molecule has 0 fully saturated rings. The van der Waals surface area contributed by atoms with Crippen LogP contribution in [0, 0.1) is 17.0 Å². The van der Waals surface area contributed by atoms with E-state index in [1.165, 1.54) is 29.0 Å². The largest absolute Gasteiger partial charge is 0.486 e.